The van der Waals surface area contributed by atoms with Crippen molar-refractivity contribution in [2.24, 2.45) is 0 Å². The second-order valence-corrected chi connectivity index (χ2v) is 6.95. The molecule has 0 atom stereocenters. The SMILES string of the molecule is CN(CCn1ccnc1S(C)(=O)=O)Cc1ccc(F)cc1. The molecule has 114 valence electrons. The van der Waals surface area contributed by atoms with Crippen molar-refractivity contribution < 1.29 is 12.8 Å². The minimum Gasteiger partial charge on any atom is -0.321 e. The van der Waals surface area contributed by atoms with E-state index in [4.69, 9.17) is 0 Å². The predicted molar refractivity (Wildman–Crippen MR) is 78.1 cm³/mol. The van der Waals surface area contributed by atoms with Crippen LogP contribution < -0.4 is 0 Å². The molecule has 0 N–H and O–H groups in total. The molecule has 0 spiro atoms. The van der Waals surface area contributed by atoms with Gasteiger partial charge in [0.25, 0.3) is 0 Å². The van der Waals surface area contributed by atoms with Gasteiger partial charge < -0.3 is 9.47 Å². The minimum atomic E-state index is -3.31. The van der Waals surface area contributed by atoms with Gasteiger partial charge in [0.2, 0.25) is 15.0 Å². The fourth-order valence-corrected chi connectivity index (χ4v) is 2.88. The molecule has 1 aromatic heterocycles. The van der Waals surface area contributed by atoms with Crippen molar-refractivity contribution in [2.75, 3.05) is 19.8 Å². The molecule has 2 rings (SSSR count). The topological polar surface area (TPSA) is 55.2 Å². The predicted octanol–water partition coefficient (Wildman–Crippen LogP) is 1.56. The van der Waals surface area contributed by atoms with Crippen LogP contribution in [0.4, 0.5) is 4.39 Å². The van der Waals surface area contributed by atoms with E-state index in [9.17, 15) is 12.8 Å². The molecule has 0 radical (unpaired) electrons. The first kappa shape index (κ1) is 15.7. The molecule has 5 nitrogen and oxygen atoms in total. The summed E-state index contributed by atoms with van der Waals surface area (Å²) in [5.41, 5.74) is 1.01. The van der Waals surface area contributed by atoms with Gasteiger partial charge in [0.1, 0.15) is 5.82 Å². The largest absolute Gasteiger partial charge is 0.321 e. The molecule has 0 bridgehead atoms. The van der Waals surface area contributed by atoms with Crippen LogP contribution >= 0.6 is 0 Å². The lowest BCUT2D eigenvalue weighted by molar-refractivity contribution is 0.306. The molecule has 0 aliphatic carbocycles. The summed E-state index contributed by atoms with van der Waals surface area (Å²) in [6.45, 7) is 1.86. The number of hydrogen-bond donors (Lipinski definition) is 0. The Kier molecular flexibility index (Phi) is 4.74. The van der Waals surface area contributed by atoms with Crippen LogP contribution in [0.2, 0.25) is 0 Å². The molecule has 0 fully saturated rings. The maximum atomic E-state index is 12.8. The molecular formula is C14H18FN3O2S. The lowest BCUT2D eigenvalue weighted by Crippen LogP contribution is -2.24. The molecule has 0 saturated carbocycles. The maximum absolute atomic E-state index is 12.8. The van der Waals surface area contributed by atoms with Crippen molar-refractivity contribution in [3.63, 3.8) is 0 Å². The molecule has 1 aromatic carbocycles. The van der Waals surface area contributed by atoms with Crippen LogP contribution in [-0.2, 0) is 22.9 Å². The maximum Gasteiger partial charge on any atom is 0.227 e. The highest BCUT2D eigenvalue weighted by atomic mass is 32.2. The highest BCUT2D eigenvalue weighted by Gasteiger charge is 2.14. The first-order valence-corrected chi connectivity index (χ1v) is 8.39. The van der Waals surface area contributed by atoms with Gasteiger partial charge in [0, 0.05) is 38.3 Å². The van der Waals surface area contributed by atoms with Crippen LogP contribution in [0.15, 0.2) is 41.8 Å². The smallest absolute Gasteiger partial charge is 0.227 e. The highest BCUT2D eigenvalue weighted by Crippen LogP contribution is 2.08. The van der Waals surface area contributed by atoms with Gasteiger partial charge in [-0.3, -0.25) is 0 Å². The number of rotatable bonds is 6. The lowest BCUT2D eigenvalue weighted by atomic mass is 10.2. The zero-order valence-electron chi connectivity index (χ0n) is 12.0. The summed E-state index contributed by atoms with van der Waals surface area (Å²) in [4.78, 5) is 5.91. The Morgan fingerprint density at radius 1 is 1.29 bits per heavy atom. The number of likely N-dealkylation sites (N-methyl/N-ethyl adjacent to an activating group) is 1. The van der Waals surface area contributed by atoms with Crippen molar-refractivity contribution in [3.8, 4) is 0 Å². The van der Waals surface area contributed by atoms with Crippen molar-refractivity contribution in [2.45, 2.75) is 18.2 Å². The Labute approximate surface area is 124 Å². The Morgan fingerprint density at radius 2 is 1.95 bits per heavy atom. The number of sulfone groups is 1. The molecule has 2 aromatic rings. The number of hydrogen-bond acceptors (Lipinski definition) is 4. The van der Waals surface area contributed by atoms with Gasteiger partial charge in [-0.25, -0.2) is 17.8 Å². The Morgan fingerprint density at radius 3 is 2.57 bits per heavy atom. The first-order chi connectivity index (χ1) is 9.86. The fourth-order valence-electron chi connectivity index (χ4n) is 2.05. The van der Waals surface area contributed by atoms with Crippen molar-refractivity contribution >= 4 is 9.84 Å². The highest BCUT2D eigenvalue weighted by molar-refractivity contribution is 7.90. The molecule has 1 heterocycles. The second-order valence-electron chi connectivity index (χ2n) is 5.04. The van der Waals surface area contributed by atoms with Gasteiger partial charge in [-0.1, -0.05) is 12.1 Å². The summed E-state index contributed by atoms with van der Waals surface area (Å²) in [5, 5.41) is 0.0812. The van der Waals surface area contributed by atoms with Crippen LogP contribution in [0, 0.1) is 5.82 Å². The van der Waals surface area contributed by atoms with Crippen molar-refractivity contribution in [1.82, 2.24) is 14.5 Å². The number of benzene rings is 1. The Hall–Kier alpha value is -1.73. The van der Waals surface area contributed by atoms with Gasteiger partial charge in [0.05, 0.1) is 0 Å². The zero-order chi connectivity index (χ0) is 15.5. The number of aromatic nitrogens is 2. The van der Waals surface area contributed by atoms with E-state index < -0.39 is 9.84 Å². The minimum absolute atomic E-state index is 0.0812. The summed E-state index contributed by atoms with van der Waals surface area (Å²) in [5.74, 6) is -0.252. The summed E-state index contributed by atoms with van der Waals surface area (Å²) in [6, 6.07) is 6.34. The third-order valence-electron chi connectivity index (χ3n) is 3.10. The molecule has 7 heteroatoms. The standard InChI is InChI=1S/C14H18FN3O2S/c1-17(11-12-3-5-13(15)6-4-12)9-10-18-8-7-16-14(18)21(2,19)20/h3-8H,9-11H2,1-2H3. The van der Waals surface area contributed by atoms with Crippen LogP contribution in [0.25, 0.3) is 0 Å². The third-order valence-corrected chi connectivity index (χ3v) is 4.10. The normalized spacial score (nSPS) is 12.0. The average molecular weight is 311 g/mol. The van der Waals surface area contributed by atoms with E-state index in [0.717, 1.165) is 11.8 Å². The summed E-state index contributed by atoms with van der Waals surface area (Å²) in [6.07, 6.45) is 4.28. The van der Waals surface area contributed by atoms with Gasteiger partial charge in [-0.05, 0) is 24.7 Å². The first-order valence-electron chi connectivity index (χ1n) is 6.50. The zero-order valence-corrected chi connectivity index (χ0v) is 12.8. The van der Waals surface area contributed by atoms with Gasteiger partial charge in [0.15, 0.2) is 0 Å². The molecule has 0 aliphatic heterocycles. The molecule has 21 heavy (non-hydrogen) atoms. The summed E-state index contributed by atoms with van der Waals surface area (Å²) in [7, 11) is -1.38. The third kappa shape index (κ3) is 4.37. The van der Waals surface area contributed by atoms with Crippen molar-refractivity contribution in [1.29, 1.82) is 0 Å². The molecule has 0 unspecified atom stereocenters. The second kappa shape index (κ2) is 6.36. The van der Waals surface area contributed by atoms with Crippen LogP contribution in [-0.4, -0.2) is 42.7 Å². The Balaban J connectivity index is 1.94. The Bertz CT molecular complexity index is 695. The van der Waals surface area contributed by atoms with E-state index in [-0.39, 0.29) is 11.0 Å². The van der Waals surface area contributed by atoms with Gasteiger partial charge in [-0.2, -0.15) is 0 Å². The van der Waals surface area contributed by atoms with Gasteiger partial charge in [-0.15, -0.1) is 0 Å². The van der Waals surface area contributed by atoms with Crippen molar-refractivity contribution in [3.05, 3.63) is 48.0 Å². The van der Waals surface area contributed by atoms with E-state index >= 15 is 0 Å². The van der Waals surface area contributed by atoms with Crippen LogP contribution in [0.1, 0.15) is 5.56 Å². The van der Waals surface area contributed by atoms with Gasteiger partial charge >= 0.3 is 0 Å². The molecule has 0 saturated heterocycles. The van der Waals surface area contributed by atoms with E-state index in [1.54, 1.807) is 22.9 Å². The van der Waals surface area contributed by atoms with E-state index in [1.807, 2.05) is 11.9 Å². The van der Waals surface area contributed by atoms with E-state index in [1.165, 1.54) is 18.3 Å². The fraction of sp³-hybridized carbons (Fsp3) is 0.357. The summed E-state index contributed by atoms with van der Waals surface area (Å²) < 4.78 is 37.6. The number of halogens is 1. The van der Waals surface area contributed by atoms with Crippen LogP contribution in [0.3, 0.4) is 0 Å². The number of imidazole rings is 1. The molecule has 0 aliphatic rings. The molecular weight excluding hydrogens is 293 g/mol. The van der Waals surface area contributed by atoms with E-state index in [0.29, 0.717) is 19.6 Å². The summed E-state index contributed by atoms with van der Waals surface area (Å²) >= 11 is 0. The number of nitrogens with zero attached hydrogens (tertiary/aromatic N) is 3. The molecule has 0 amide bonds. The lowest BCUT2D eigenvalue weighted by Gasteiger charge is -2.17. The average Bonchev–Trinajstić information content (AvgIpc) is 2.87. The quantitative estimate of drug-likeness (QED) is 0.812. The van der Waals surface area contributed by atoms with Crippen LogP contribution in [0.5, 0.6) is 0 Å². The monoisotopic (exact) mass is 311 g/mol. The van der Waals surface area contributed by atoms with E-state index in [2.05, 4.69) is 4.98 Å².